The third-order valence-corrected chi connectivity index (χ3v) is 2.90. The Morgan fingerprint density at radius 1 is 1.00 bits per heavy atom. The van der Waals surface area contributed by atoms with Gasteiger partial charge in [-0.15, -0.1) is 0 Å². The zero-order valence-electron chi connectivity index (χ0n) is 11.2. The molecule has 21 heavy (non-hydrogen) atoms. The molecule has 1 unspecified atom stereocenters. The van der Waals surface area contributed by atoms with Gasteiger partial charge in [-0.25, -0.2) is 0 Å². The van der Waals surface area contributed by atoms with Crippen molar-refractivity contribution in [2.75, 3.05) is 6.61 Å². The summed E-state index contributed by atoms with van der Waals surface area (Å²) in [5.74, 6) is -0.730. The van der Waals surface area contributed by atoms with E-state index in [1.165, 1.54) is 0 Å². The number of carbonyl (C=O) groups is 2. The summed E-state index contributed by atoms with van der Waals surface area (Å²) in [6.45, 7) is -0.124. The van der Waals surface area contributed by atoms with Gasteiger partial charge in [0.15, 0.2) is 5.78 Å². The number of hydrogen-bond donors (Lipinski definition) is 2. The minimum atomic E-state index is -1.12. The average molecular weight is 285 g/mol. The molecule has 2 aromatic rings. The van der Waals surface area contributed by atoms with Crippen LogP contribution in [0.4, 0.5) is 0 Å². The molecule has 0 saturated heterocycles. The second kappa shape index (κ2) is 6.67. The number of carbonyl (C=O) groups excluding carboxylic acids is 1. The molecule has 0 radical (unpaired) electrons. The molecule has 0 amide bonds. The molecule has 0 aliphatic heterocycles. The molecule has 0 aliphatic rings. The zero-order valence-corrected chi connectivity index (χ0v) is 11.2. The maximum Gasteiger partial charge on any atom is 0.324 e. The number of rotatable bonds is 6. The van der Waals surface area contributed by atoms with Gasteiger partial charge in [-0.2, -0.15) is 0 Å². The van der Waals surface area contributed by atoms with Crippen molar-refractivity contribution in [3.8, 4) is 5.75 Å². The first kappa shape index (κ1) is 14.7. The molecule has 5 nitrogen and oxygen atoms in total. The summed E-state index contributed by atoms with van der Waals surface area (Å²) >= 11 is 0. The minimum Gasteiger partial charge on any atom is -0.491 e. The molecule has 2 aromatic carbocycles. The first-order chi connectivity index (χ1) is 10.1. The van der Waals surface area contributed by atoms with Crippen LogP contribution in [0.25, 0.3) is 0 Å². The Morgan fingerprint density at radius 3 is 2.14 bits per heavy atom. The smallest absolute Gasteiger partial charge is 0.324 e. The van der Waals surface area contributed by atoms with Gasteiger partial charge in [0, 0.05) is 11.1 Å². The third-order valence-electron chi connectivity index (χ3n) is 2.90. The number of carboxylic acid groups (broad SMARTS) is 1. The van der Waals surface area contributed by atoms with E-state index in [9.17, 15) is 9.59 Å². The topological polar surface area (TPSA) is 89.6 Å². The number of aliphatic carboxylic acids is 1. The van der Waals surface area contributed by atoms with E-state index in [0.29, 0.717) is 16.9 Å². The van der Waals surface area contributed by atoms with E-state index < -0.39 is 12.0 Å². The number of ketones is 1. The SMILES string of the molecule is NC(COc1ccc(C(=O)c2ccccc2)cc1)C(=O)O. The summed E-state index contributed by atoms with van der Waals surface area (Å²) in [6, 6.07) is 14.4. The van der Waals surface area contributed by atoms with Crippen LogP contribution >= 0.6 is 0 Å². The van der Waals surface area contributed by atoms with Crippen LogP contribution in [0.5, 0.6) is 5.75 Å². The summed E-state index contributed by atoms with van der Waals surface area (Å²) in [5.41, 5.74) is 6.49. The molecule has 1 atom stereocenters. The Bertz CT molecular complexity index is 622. The lowest BCUT2D eigenvalue weighted by Gasteiger charge is -2.09. The molecule has 0 saturated carbocycles. The van der Waals surface area contributed by atoms with Crippen molar-refractivity contribution in [1.82, 2.24) is 0 Å². The Morgan fingerprint density at radius 2 is 1.57 bits per heavy atom. The number of carboxylic acids is 1. The summed E-state index contributed by atoms with van der Waals surface area (Å²) in [7, 11) is 0. The van der Waals surface area contributed by atoms with Crippen LogP contribution < -0.4 is 10.5 Å². The molecule has 2 rings (SSSR count). The van der Waals surface area contributed by atoms with Gasteiger partial charge in [-0.1, -0.05) is 30.3 Å². The van der Waals surface area contributed by atoms with E-state index in [1.807, 2.05) is 6.07 Å². The van der Waals surface area contributed by atoms with Crippen molar-refractivity contribution in [3.05, 3.63) is 65.7 Å². The lowest BCUT2D eigenvalue weighted by atomic mass is 10.0. The standard InChI is InChI=1S/C16H15NO4/c17-14(16(19)20)10-21-13-8-6-12(7-9-13)15(18)11-4-2-1-3-5-11/h1-9,14H,10,17H2,(H,19,20). The molecule has 0 aromatic heterocycles. The Balaban J connectivity index is 2.02. The predicted molar refractivity (Wildman–Crippen MR) is 77.4 cm³/mol. The van der Waals surface area contributed by atoms with Crippen molar-refractivity contribution in [2.24, 2.45) is 5.73 Å². The van der Waals surface area contributed by atoms with Crippen LogP contribution in [0.1, 0.15) is 15.9 Å². The van der Waals surface area contributed by atoms with Crippen molar-refractivity contribution in [2.45, 2.75) is 6.04 Å². The van der Waals surface area contributed by atoms with E-state index in [-0.39, 0.29) is 12.4 Å². The fourth-order valence-electron chi connectivity index (χ4n) is 1.72. The normalized spacial score (nSPS) is 11.7. The van der Waals surface area contributed by atoms with Crippen LogP contribution in [0.15, 0.2) is 54.6 Å². The van der Waals surface area contributed by atoms with Gasteiger partial charge in [0.1, 0.15) is 18.4 Å². The van der Waals surface area contributed by atoms with E-state index in [1.54, 1.807) is 48.5 Å². The lowest BCUT2D eigenvalue weighted by molar-refractivity contribution is -0.139. The van der Waals surface area contributed by atoms with Crippen LogP contribution in [0.3, 0.4) is 0 Å². The van der Waals surface area contributed by atoms with Gasteiger partial charge in [-0.3, -0.25) is 9.59 Å². The summed E-state index contributed by atoms with van der Waals surface area (Å²) in [6.07, 6.45) is 0. The van der Waals surface area contributed by atoms with E-state index in [2.05, 4.69) is 0 Å². The van der Waals surface area contributed by atoms with Crippen molar-refractivity contribution >= 4 is 11.8 Å². The molecular formula is C16H15NO4. The summed E-state index contributed by atoms with van der Waals surface area (Å²) < 4.78 is 5.25. The Kier molecular flexibility index (Phi) is 4.68. The van der Waals surface area contributed by atoms with Gasteiger partial charge < -0.3 is 15.6 Å². The molecule has 0 spiro atoms. The van der Waals surface area contributed by atoms with E-state index in [4.69, 9.17) is 15.6 Å². The van der Waals surface area contributed by atoms with Crippen LogP contribution in [0.2, 0.25) is 0 Å². The minimum absolute atomic E-state index is 0.0793. The number of ether oxygens (including phenoxy) is 1. The Labute approximate surface area is 122 Å². The van der Waals surface area contributed by atoms with E-state index in [0.717, 1.165) is 0 Å². The maximum atomic E-state index is 12.2. The molecule has 0 heterocycles. The number of nitrogens with two attached hydrogens (primary N) is 1. The van der Waals surface area contributed by atoms with Gasteiger partial charge in [0.25, 0.3) is 0 Å². The molecular weight excluding hydrogens is 270 g/mol. The van der Waals surface area contributed by atoms with Crippen molar-refractivity contribution in [3.63, 3.8) is 0 Å². The molecule has 5 heteroatoms. The van der Waals surface area contributed by atoms with Crippen molar-refractivity contribution in [1.29, 1.82) is 0 Å². The highest BCUT2D eigenvalue weighted by molar-refractivity contribution is 6.08. The monoisotopic (exact) mass is 285 g/mol. The molecule has 0 aliphatic carbocycles. The highest BCUT2D eigenvalue weighted by atomic mass is 16.5. The van der Waals surface area contributed by atoms with Gasteiger partial charge >= 0.3 is 5.97 Å². The number of benzene rings is 2. The first-order valence-corrected chi connectivity index (χ1v) is 6.39. The van der Waals surface area contributed by atoms with E-state index >= 15 is 0 Å². The van der Waals surface area contributed by atoms with Crippen LogP contribution in [-0.2, 0) is 4.79 Å². The average Bonchev–Trinajstić information content (AvgIpc) is 2.53. The van der Waals surface area contributed by atoms with Gasteiger partial charge in [-0.05, 0) is 24.3 Å². The Hall–Kier alpha value is -2.66. The second-order valence-corrected chi connectivity index (χ2v) is 4.48. The van der Waals surface area contributed by atoms with Gasteiger partial charge in [0.2, 0.25) is 0 Å². The maximum absolute atomic E-state index is 12.2. The van der Waals surface area contributed by atoms with Crippen LogP contribution in [0, 0.1) is 0 Å². The fourth-order valence-corrected chi connectivity index (χ4v) is 1.72. The quantitative estimate of drug-likeness (QED) is 0.789. The highest BCUT2D eigenvalue weighted by Gasteiger charge is 2.12. The first-order valence-electron chi connectivity index (χ1n) is 6.39. The second-order valence-electron chi connectivity index (χ2n) is 4.48. The highest BCUT2D eigenvalue weighted by Crippen LogP contribution is 2.15. The summed E-state index contributed by atoms with van der Waals surface area (Å²) in [4.78, 5) is 22.7. The zero-order chi connectivity index (χ0) is 15.2. The van der Waals surface area contributed by atoms with Crippen molar-refractivity contribution < 1.29 is 19.4 Å². The molecule has 0 bridgehead atoms. The fraction of sp³-hybridized carbons (Fsp3) is 0.125. The lowest BCUT2D eigenvalue weighted by Crippen LogP contribution is -2.36. The third kappa shape index (κ3) is 3.90. The number of hydrogen-bond acceptors (Lipinski definition) is 4. The van der Waals surface area contributed by atoms with Crippen LogP contribution in [-0.4, -0.2) is 29.5 Å². The molecule has 0 fully saturated rings. The van der Waals surface area contributed by atoms with Gasteiger partial charge in [0.05, 0.1) is 0 Å². The summed E-state index contributed by atoms with van der Waals surface area (Å²) in [5, 5.41) is 8.65. The molecule has 108 valence electrons. The molecule has 3 N–H and O–H groups in total. The predicted octanol–water partition coefficient (Wildman–Crippen LogP) is 1.71. The largest absolute Gasteiger partial charge is 0.491 e.